The molecule has 0 fully saturated rings. The predicted octanol–water partition coefficient (Wildman–Crippen LogP) is 2.99. The lowest BCUT2D eigenvalue weighted by molar-refractivity contribution is 0.0987. The number of amides is 1. The van der Waals surface area contributed by atoms with E-state index >= 15 is 0 Å². The summed E-state index contributed by atoms with van der Waals surface area (Å²) >= 11 is 0. The van der Waals surface area contributed by atoms with Crippen LogP contribution in [0.5, 0.6) is 0 Å². The first-order chi connectivity index (χ1) is 9.72. The Morgan fingerprint density at radius 3 is 2.30 bits per heavy atom. The molecule has 2 aromatic rings. The second kappa shape index (κ2) is 6.87. The Hall–Kier alpha value is -2.13. The summed E-state index contributed by atoms with van der Waals surface area (Å²) in [5.41, 5.74) is 8.34. The van der Waals surface area contributed by atoms with E-state index in [0.29, 0.717) is 18.7 Å². The van der Waals surface area contributed by atoms with Crippen LogP contribution in [-0.4, -0.2) is 19.0 Å². The van der Waals surface area contributed by atoms with Crippen molar-refractivity contribution in [3.8, 4) is 0 Å². The third-order valence-corrected chi connectivity index (χ3v) is 3.20. The third kappa shape index (κ3) is 3.45. The minimum absolute atomic E-state index is 0.0182. The van der Waals surface area contributed by atoms with Crippen LogP contribution >= 0.6 is 0 Å². The van der Waals surface area contributed by atoms with E-state index in [-0.39, 0.29) is 5.91 Å². The minimum Gasteiger partial charge on any atom is -0.330 e. The Balaban J connectivity index is 2.26. The van der Waals surface area contributed by atoms with Crippen molar-refractivity contribution in [2.75, 3.05) is 18.0 Å². The van der Waals surface area contributed by atoms with Crippen molar-refractivity contribution < 1.29 is 4.79 Å². The van der Waals surface area contributed by atoms with Gasteiger partial charge in [0.25, 0.3) is 5.91 Å². The van der Waals surface area contributed by atoms with Gasteiger partial charge in [-0.3, -0.25) is 4.79 Å². The van der Waals surface area contributed by atoms with E-state index in [1.807, 2.05) is 61.5 Å². The maximum Gasteiger partial charge on any atom is 0.258 e. The predicted molar refractivity (Wildman–Crippen MR) is 83.0 cm³/mol. The summed E-state index contributed by atoms with van der Waals surface area (Å²) in [6.45, 7) is 3.22. The number of hydrogen-bond donors (Lipinski definition) is 1. The molecule has 0 aliphatic rings. The van der Waals surface area contributed by atoms with Crippen molar-refractivity contribution in [3.05, 3.63) is 65.7 Å². The monoisotopic (exact) mass is 268 g/mol. The molecule has 0 saturated carbocycles. The number of anilines is 1. The molecule has 2 rings (SSSR count). The fourth-order valence-electron chi connectivity index (χ4n) is 2.06. The molecule has 3 heteroatoms. The summed E-state index contributed by atoms with van der Waals surface area (Å²) in [6.07, 6.45) is 0.784. The highest BCUT2D eigenvalue weighted by atomic mass is 16.2. The van der Waals surface area contributed by atoms with Crippen LogP contribution in [0.4, 0.5) is 5.69 Å². The van der Waals surface area contributed by atoms with Crippen molar-refractivity contribution in [1.82, 2.24) is 0 Å². The molecule has 0 saturated heterocycles. The van der Waals surface area contributed by atoms with Gasteiger partial charge in [0, 0.05) is 17.8 Å². The number of aryl methyl sites for hydroxylation is 1. The number of rotatable bonds is 5. The molecule has 3 nitrogen and oxygen atoms in total. The van der Waals surface area contributed by atoms with Crippen LogP contribution in [0.1, 0.15) is 22.3 Å². The second-order valence-electron chi connectivity index (χ2n) is 4.80. The molecule has 0 aliphatic heterocycles. The van der Waals surface area contributed by atoms with Gasteiger partial charge < -0.3 is 10.6 Å². The Labute approximate surface area is 120 Å². The van der Waals surface area contributed by atoms with Gasteiger partial charge in [0.1, 0.15) is 0 Å². The van der Waals surface area contributed by atoms with Gasteiger partial charge in [-0.25, -0.2) is 0 Å². The van der Waals surface area contributed by atoms with Crippen molar-refractivity contribution in [2.24, 2.45) is 5.73 Å². The highest BCUT2D eigenvalue weighted by molar-refractivity contribution is 6.06. The lowest BCUT2D eigenvalue weighted by Gasteiger charge is -2.22. The fourth-order valence-corrected chi connectivity index (χ4v) is 2.06. The molecule has 0 aromatic heterocycles. The van der Waals surface area contributed by atoms with Crippen molar-refractivity contribution in [1.29, 1.82) is 0 Å². The minimum atomic E-state index is 0.0182. The van der Waals surface area contributed by atoms with Gasteiger partial charge in [-0.15, -0.1) is 0 Å². The zero-order valence-corrected chi connectivity index (χ0v) is 11.8. The van der Waals surface area contributed by atoms with Gasteiger partial charge in [-0.1, -0.05) is 35.9 Å². The van der Waals surface area contributed by atoms with Gasteiger partial charge in [0.15, 0.2) is 0 Å². The molecule has 0 heterocycles. The summed E-state index contributed by atoms with van der Waals surface area (Å²) in [4.78, 5) is 14.4. The molecule has 2 aromatic carbocycles. The Morgan fingerprint density at radius 1 is 1.05 bits per heavy atom. The molecular weight excluding hydrogens is 248 g/mol. The summed E-state index contributed by atoms with van der Waals surface area (Å²) in [5.74, 6) is 0.0182. The van der Waals surface area contributed by atoms with E-state index in [4.69, 9.17) is 5.73 Å². The quantitative estimate of drug-likeness (QED) is 0.906. The number of carbonyl (C=O) groups is 1. The zero-order valence-electron chi connectivity index (χ0n) is 11.8. The molecule has 0 spiro atoms. The van der Waals surface area contributed by atoms with Crippen LogP contribution in [0, 0.1) is 6.92 Å². The average Bonchev–Trinajstić information content (AvgIpc) is 2.49. The van der Waals surface area contributed by atoms with Crippen LogP contribution in [-0.2, 0) is 0 Å². The van der Waals surface area contributed by atoms with Crippen LogP contribution in [0.15, 0.2) is 54.6 Å². The lowest BCUT2D eigenvalue weighted by Crippen LogP contribution is -2.32. The van der Waals surface area contributed by atoms with Gasteiger partial charge in [0.05, 0.1) is 0 Å². The molecule has 2 N–H and O–H groups in total. The molecule has 0 aliphatic carbocycles. The summed E-state index contributed by atoms with van der Waals surface area (Å²) < 4.78 is 0. The first-order valence-corrected chi connectivity index (χ1v) is 6.86. The van der Waals surface area contributed by atoms with Crippen molar-refractivity contribution in [3.63, 3.8) is 0 Å². The number of hydrogen-bond acceptors (Lipinski definition) is 2. The highest BCUT2D eigenvalue weighted by Gasteiger charge is 2.16. The Bertz CT molecular complexity index is 549. The maximum atomic E-state index is 12.6. The van der Waals surface area contributed by atoms with E-state index in [9.17, 15) is 4.79 Å². The van der Waals surface area contributed by atoms with Crippen LogP contribution < -0.4 is 10.6 Å². The van der Waals surface area contributed by atoms with E-state index in [1.165, 1.54) is 0 Å². The number of nitrogens with two attached hydrogens (primary N) is 1. The molecule has 0 radical (unpaired) electrons. The van der Waals surface area contributed by atoms with Crippen molar-refractivity contribution >= 4 is 11.6 Å². The third-order valence-electron chi connectivity index (χ3n) is 3.20. The average molecular weight is 268 g/mol. The molecule has 20 heavy (non-hydrogen) atoms. The second-order valence-corrected chi connectivity index (χ2v) is 4.80. The zero-order chi connectivity index (χ0) is 14.4. The van der Waals surface area contributed by atoms with E-state index < -0.39 is 0 Å². The smallest absolute Gasteiger partial charge is 0.258 e. The number of para-hydroxylation sites is 1. The van der Waals surface area contributed by atoms with E-state index in [1.54, 1.807) is 4.90 Å². The van der Waals surface area contributed by atoms with Gasteiger partial charge >= 0.3 is 0 Å². The summed E-state index contributed by atoms with van der Waals surface area (Å²) in [6, 6.07) is 17.4. The van der Waals surface area contributed by atoms with Crippen molar-refractivity contribution in [2.45, 2.75) is 13.3 Å². The molecule has 1 amide bonds. The lowest BCUT2D eigenvalue weighted by atomic mass is 10.1. The molecule has 0 bridgehead atoms. The summed E-state index contributed by atoms with van der Waals surface area (Å²) in [7, 11) is 0. The van der Waals surface area contributed by atoms with Crippen LogP contribution in [0.3, 0.4) is 0 Å². The number of benzene rings is 2. The topological polar surface area (TPSA) is 46.3 Å². The van der Waals surface area contributed by atoms with E-state index in [2.05, 4.69) is 0 Å². The largest absolute Gasteiger partial charge is 0.330 e. The normalized spacial score (nSPS) is 10.3. The molecule has 0 atom stereocenters. The number of carbonyl (C=O) groups excluding carboxylic acids is 1. The molecule has 0 unspecified atom stereocenters. The highest BCUT2D eigenvalue weighted by Crippen LogP contribution is 2.17. The fraction of sp³-hybridized carbons (Fsp3) is 0.235. The molecule has 104 valence electrons. The van der Waals surface area contributed by atoms with Crippen LogP contribution in [0.2, 0.25) is 0 Å². The van der Waals surface area contributed by atoms with Gasteiger partial charge in [-0.2, -0.15) is 0 Å². The van der Waals surface area contributed by atoms with E-state index in [0.717, 1.165) is 17.7 Å². The number of nitrogens with zero attached hydrogens (tertiary/aromatic N) is 1. The van der Waals surface area contributed by atoms with Gasteiger partial charge in [-0.05, 0) is 44.2 Å². The Morgan fingerprint density at radius 2 is 1.70 bits per heavy atom. The van der Waals surface area contributed by atoms with Crippen LogP contribution in [0.25, 0.3) is 0 Å². The SMILES string of the molecule is Cc1ccc(C(=O)N(CCCN)c2ccccc2)cc1. The standard InChI is InChI=1S/C17H20N2O/c1-14-8-10-15(11-9-14)17(20)19(13-5-12-18)16-6-3-2-4-7-16/h2-4,6-11H,5,12-13,18H2,1H3. The van der Waals surface area contributed by atoms with Gasteiger partial charge in [0.2, 0.25) is 0 Å². The Kier molecular flexibility index (Phi) is 4.91. The maximum absolute atomic E-state index is 12.6. The molecular formula is C17H20N2O. The first kappa shape index (κ1) is 14.3. The summed E-state index contributed by atoms with van der Waals surface area (Å²) in [5, 5.41) is 0. The first-order valence-electron chi connectivity index (χ1n) is 6.86.